The Morgan fingerprint density at radius 1 is 1.42 bits per heavy atom. The summed E-state index contributed by atoms with van der Waals surface area (Å²) in [6.45, 7) is 4.55. The summed E-state index contributed by atoms with van der Waals surface area (Å²) < 4.78 is 7.06. The van der Waals surface area contributed by atoms with Crippen molar-refractivity contribution in [2.75, 3.05) is 13.1 Å². The summed E-state index contributed by atoms with van der Waals surface area (Å²) in [4.78, 5) is 30.4. The highest BCUT2D eigenvalue weighted by Crippen LogP contribution is 2.16. The maximum absolute atomic E-state index is 12.4. The quantitative estimate of drug-likeness (QED) is 0.803. The second-order valence-electron chi connectivity index (χ2n) is 5.82. The molecule has 0 aromatic carbocycles. The Morgan fingerprint density at radius 3 is 3.00 bits per heavy atom. The molecule has 1 amide bonds. The van der Waals surface area contributed by atoms with Crippen molar-refractivity contribution in [1.82, 2.24) is 24.6 Å². The lowest BCUT2D eigenvalue weighted by Gasteiger charge is -2.17. The van der Waals surface area contributed by atoms with E-state index in [1.807, 2.05) is 0 Å². The van der Waals surface area contributed by atoms with Gasteiger partial charge in [0.2, 0.25) is 11.8 Å². The van der Waals surface area contributed by atoms with Gasteiger partial charge in [-0.3, -0.25) is 14.2 Å². The fourth-order valence-electron chi connectivity index (χ4n) is 2.61. The minimum absolute atomic E-state index is 0.00911. The lowest BCUT2D eigenvalue weighted by Crippen LogP contribution is -2.36. The molecule has 1 saturated heterocycles. The van der Waals surface area contributed by atoms with Gasteiger partial charge in [-0.25, -0.2) is 4.98 Å². The summed E-state index contributed by atoms with van der Waals surface area (Å²) in [6.07, 6.45) is 3.61. The minimum Gasteiger partial charge on any atom is -0.471 e. The molecule has 2 aromatic heterocycles. The molecule has 2 aromatic rings. The predicted molar refractivity (Wildman–Crippen MR) is 85.6 cm³/mol. The molecule has 0 bridgehead atoms. The predicted octanol–water partition coefficient (Wildman–Crippen LogP) is 0.330. The van der Waals surface area contributed by atoms with Crippen molar-refractivity contribution in [3.63, 3.8) is 0 Å². The lowest BCUT2D eigenvalue weighted by molar-refractivity contribution is -0.131. The Labute approximate surface area is 139 Å². The van der Waals surface area contributed by atoms with Crippen molar-refractivity contribution in [2.24, 2.45) is 0 Å². The van der Waals surface area contributed by atoms with Gasteiger partial charge in [-0.1, -0.05) is 0 Å². The fraction of sp³-hybridized carbons (Fsp3) is 0.438. The zero-order chi connectivity index (χ0) is 17.1. The van der Waals surface area contributed by atoms with E-state index in [0.717, 1.165) is 6.42 Å². The largest absolute Gasteiger partial charge is 0.471 e. The van der Waals surface area contributed by atoms with Gasteiger partial charge in [0.15, 0.2) is 0 Å². The summed E-state index contributed by atoms with van der Waals surface area (Å²) in [6, 6.07) is 3.48. The number of ether oxygens (including phenoxy) is 1. The average Bonchev–Trinajstić information content (AvgIpc) is 3.05. The first-order chi connectivity index (χ1) is 11.5. The van der Waals surface area contributed by atoms with Crippen LogP contribution in [0.1, 0.15) is 17.7 Å². The van der Waals surface area contributed by atoms with Gasteiger partial charge in [-0.2, -0.15) is 5.10 Å². The Bertz CT molecular complexity index is 790. The summed E-state index contributed by atoms with van der Waals surface area (Å²) >= 11 is 0. The third kappa shape index (κ3) is 3.42. The molecular weight excluding hydrogens is 310 g/mol. The average molecular weight is 329 g/mol. The molecular formula is C16H19N5O3. The number of carbonyl (C=O) groups is 1. The second-order valence-corrected chi connectivity index (χ2v) is 5.82. The van der Waals surface area contributed by atoms with Gasteiger partial charge in [0.05, 0.1) is 12.9 Å². The van der Waals surface area contributed by atoms with Crippen LogP contribution in [0.15, 0.2) is 29.5 Å². The zero-order valence-electron chi connectivity index (χ0n) is 13.7. The molecule has 1 fully saturated rings. The number of hydrogen-bond acceptors (Lipinski definition) is 6. The summed E-state index contributed by atoms with van der Waals surface area (Å²) in [5.41, 5.74) is 1.07. The molecule has 8 heteroatoms. The van der Waals surface area contributed by atoms with Crippen LogP contribution in [0.5, 0.6) is 5.88 Å². The van der Waals surface area contributed by atoms with Crippen molar-refractivity contribution < 1.29 is 9.53 Å². The Hall–Kier alpha value is -2.77. The van der Waals surface area contributed by atoms with Gasteiger partial charge in [0, 0.05) is 36.5 Å². The molecule has 0 N–H and O–H groups in total. The zero-order valence-corrected chi connectivity index (χ0v) is 13.7. The number of aromatic nitrogens is 4. The van der Waals surface area contributed by atoms with E-state index in [-0.39, 0.29) is 24.1 Å². The molecule has 8 nitrogen and oxygen atoms in total. The molecule has 1 aliphatic rings. The van der Waals surface area contributed by atoms with Crippen LogP contribution in [0.25, 0.3) is 0 Å². The third-order valence-electron chi connectivity index (χ3n) is 4.15. The number of likely N-dealkylation sites (tertiary alicyclic amines) is 1. The van der Waals surface area contributed by atoms with Gasteiger partial charge in [0.25, 0.3) is 5.56 Å². The highest BCUT2D eigenvalue weighted by molar-refractivity contribution is 5.76. The molecule has 1 atom stereocenters. The highest BCUT2D eigenvalue weighted by Gasteiger charge is 2.28. The monoisotopic (exact) mass is 329 g/mol. The molecule has 24 heavy (non-hydrogen) atoms. The summed E-state index contributed by atoms with van der Waals surface area (Å²) in [5, 5.41) is 7.64. The number of hydrogen-bond donors (Lipinski definition) is 0. The van der Waals surface area contributed by atoms with E-state index in [1.54, 1.807) is 37.1 Å². The van der Waals surface area contributed by atoms with E-state index in [1.165, 1.54) is 10.9 Å². The van der Waals surface area contributed by atoms with Crippen LogP contribution in [-0.2, 0) is 11.3 Å². The second kappa shape index (κ2) is 6.77. The van der Waals surface area contributed by atoms with E-state index in [4.69, 9.17) is 4.74 Å². The van der Waals surface area contributed by atoms with Crippen molar-refractivity contribution >= 4 is 5.91 Å². The molecule has 3 heterocycles. The number of nitrogens with zero attached hydrogens (tertiary/aromatic N) is 5. The van der Waals surface area contributed by atoms with Crippen LogP contribution in [0.2, 0.25) is 0 Å². The summed E-state index contributed by atoms with van der Waals surface area (Å²) in [7, 11) is 0. The van der Waals surface area contributed by atoms with Gasteiger partial charge < -0.3 is 9.64 Å². The molecule has 126 valence electrons. The molecule has 0 saturated carbocycles. The topological polar surface area (TPSA) is 90.2 Å². The molecule has 1 aliphatic heterocycles. The smallest absolute Gasteiger partial charge is 0.256 e. The van der Waals surface area contributed by atoms with Crippen LogP contribution in [0.3, 0.4) is 0 Å². The molecule has 1 unspecified atom stereocenters. The standard InChI is InChI=1S/C16H19N5O3/c1-11-12(2)17-10-21(16(11)23)9-15(22)20-7-5-13(8-20)24-14-4-3-6-18-19-14/h3-4,6,10,13H,5,7-9H2,1-2H3. The van der Waals surface area contributed by atoms with Gasteiger partial charge in [-0.15, -0.1) is 5.10 Å². The highest BCUT2D eigenvalue weighted by atomic mass is 16.5. The maximum atomic E-state index is 12.4. The van der Waals surface area contributed by atoms with Crippen LogP contribution >= 0.6 is 0 Å². The van der Waals surface area contributed by atoms with Crippen LogP contribution in [-0.4, -0.2) is 49.7 Å². The first kappa shape index (κ1) is 16.1. The van der Waals surface area contributed by atoms with Crippen molar-refractivity contribution in [1.29, 1.82) is 0 Å². The van der Waals surface area contributed by atoms with Gasteiger partial charge >= 0.3 is 0 Å². The Kier molecular flexibility index (Phi) is 4.54. The minimum atomic E-state index is -0.178. The molecule has 3 rings (SSSR count). The van der Waals surface area contributed by atoms with Crippen LogP contribution < -0.4 is 10.3 Å². The maximum Gasteiger partial charge on any atom is 0.256 e. The number of rotatable bonds is 4. The first-order valence-corrected chi connectivity index (χ1v) is 7.79. The van der Waals surface area contributed by atoms with Crippen molar-refractivity contribution in [3.05, 3.63) is 46.3 Å². The number of carbonyl (C=O) groups excluding carboxylic acids is 1. The Balaban J connectivity index is 1.61. The SMILES string of the molecule is Cc1ncn(CC(=O)N2CCC(Oc3cccnn3)C2)c(=O)c1C. The van der Waals surface area contributed by atoms with Crippen molar-refractivity contribution in [3.8, 4) is 5.88 Å². The normalized spacial score (nSPS) is 17.1. The molecule has 0 aliphatic carbocycles. The van der Waals surface area contributed by atoms with Crippen molar-refractivity contribution in [2.45, 2.75) is 32.9 Å². The van der Waals surface area contributed by atoms with E-state index >= 15 is 0 Å². The molecule has 0 spiro atoms. The Morgan fingerprint density at radius 2 is 2.25 bits per heavy atom. The van der Waals surface area contributed by atoms with E-state index in [0.29, 0.717) is 30.2 Å². The third-order valence-corrected chi connectivity index (χ3v) is 4.15. The van der Waals surface area contributed by atoms with E-state index in [9.17, 15) is 9.59 Å². The number of aryl methyl sites for hydroxylation is 1. The van der Waals surface area contributed by atoms with Gasteiger partial charge in [0.1, 0.15) is 12.6 Å². The lowest BCUT2D eigenvalue weighted by atomic mass is 10.3. The van der Waals surface area contributed by atoms with Crippen LogP contribution in [0.4, 0.5) is 0 Å². The summed E-state index contributed by atoms with van der Waals surface area (Å²) in [5.74, 6) is 0.332. The number of amides is 1. The first-order valence-electron chi connectivity index (χ1n) is 7.79. The van der Waals surface area contributed by atoms with E-state index < -0.39 is 0 Å². The van der Waals surface area contributed by atoms with Crippen LogP contribution in [0, 0.1) is 13.8 Å². The fourth-order valence-corrected chi connectivity index (χ4v) is 2.61. The van der Waals surface area contributed by atoms with Gasteiger partial charge in [-0.05, 0) is 19.9 Å². The van der Waals surface area contributed by atoms with E-state index in [2.05, 4.69) is 15.2 Å². The molecule has 0 radical (unpaired) electrons.